The molecule has 0 saturated heterocycles. The molecule has 96 valence electrons. The quantitative estimate of drug-likeness (QED) is 0.794. The van der Waals surface area contributed by atoms with Gasteiger partial charge in [-0.25, -0.2) is 0 Å². The number of benzene rings is 1. The van der Waals surface area contributed by atoms with Crippen LogP contribution < -0.4 is 5.32 Å². The van der Waals surface area contributed by atoms with Gasteiger partial charge >= 0.3 is 0 Å². The highest BCUT2D eigenvalue weighted by Gasteiger charge is 2.22. The van der Waals surface area contributed by atoms with Crippen LogP contribution in [0, 0.1) is 6.92 Å². The first kappa shape index (κ1) is 14.7. The summed E-state index contributed by atoms with van der Waals surface area (Å²) in [5.74, 6) is 0. The van der Waals surface area contributed by atoms with Crippen molar-refractivity contribution in [1.29, 1.82) is 0 Å². The number of hydrogen-bond acceptors (Lipinski definition) is 1. The van der Waals surface area contributed by atoms with Crippen LogP contribution in [0.2, 0.25) is 0 Å². The molecule has 1 aromatic carbocycles. The number of nitrogens with one attached hydrogen (secondary N) is 1. The Morgan fingerprint density at radius 2 is 1.71 bits per heavy atom. The second-order valence-electron chi connectivity index (χ2n) is 4.78. The zero-order chi connectivity index (χ0) is 12.9. The summed E-state index contributed by atoms with van der Waals surface area (Å²) in [5.41, 5.74) is 2.95. The molecular weight excluding hydrogens is 274 g/mol. The number of hydrogen-bond donors (Lipinski definition) is 1. The van der Waals surface area contributed by atoms with Gasteiger partial charge in [0.2, 0.25) is 0 Å². The van der Waals surface area contributed by atoms with Crippen molar-refractivity contribution in [2.45, 2.75) is 59.0 Å². The number of rotatable bonds is 6. The van der Waals surface area contributed by atoms with Gasteiger partial charge in [-0.05, 0) is 43.4 Å². The standard InChI is InChI=1S/C15H24BrN/c1-5-15(6-2,7-3)17-11-13-9-8-12(4)14(16)10-13/h8-10,17H,5-7,11H2,1-4H3. The topological polar surface area (TPSA) is 12.0 Å². The van der Waals surface area contributed by atoms with Crippen LogP contribution in [-0.4, -0.2) is 5.54 Å². The molecule has 0 aromatic heterocycles. The molecule has 0 bridgehead atoms. The van der Waals surface area contributed by atoms with Gasteiger partial charge in [-0.3, -0.25) is 0 Å². The fraction of sp³-hybridized carbons (Fsp3) is 0.600. The highest BCUT2D eigenvalue weighted by molar-refractivity contribution is 9.10. The highest BCUT2D eigenvalue weighted by atomic mass is 79.9. The molecule has 0 amide bonds. The van der Waals surface area contributed by atoms with E-state index in [0.29, 0.717) is 5.54 Å². The third-order valence-corrected chi connectivity index (χ3v) is 4.79. The van der Waals surface area contributed by atoms with Crippen LogP contribution in [0.1, 0.15) is 51.2 Å². The second-order valence-corrected chi connectivity index (χ2v) is 5.63. The van der Waals surface area contributed by atoms with E-state index in [4.69, 9.17) is 0 Å². The largest absolute Gasteiger partial charge is 0.307 e. The van der Waals surface area contributed by atoms with Crippen LogP contribution in [0.25, 0.3) is 0 Å². The van der Waals surface area contributed by atoms with Crippen LogP contribution in [-0.2, 0) is 6.54 Å². The van der Waals surface area contributed by atoms with Crippen LogP contribution in [0.15, 0.2) is 22.7 Å². The fourth-order valence-corrected chi connectivity index (χ4v) is 2.59. The van der Waals surface area contributed by atoms with Crippen molar-refractivity contribution in [2.75, 3.05) is 0 Å². The minimum atomic E-state index is 0.303. The minimum absolute atomic E-state index is 0.303. The molecule has 0 fully saturated rings. The summed E-state index contributed by atoms with van der Waals surface area (Å²) >= 11 is 3.59. The van der Waals surface area contributed by atoms with Gasteiger partial charge in [0.15, 0.2) is 0 Å². The van der Waals surface area contributed by atoms with Gasteiger partial charge in [-0.1, -0.05) is 48.8 Å². The molecule has 0 unspecified atom stereocenters. The monoisotopic (exact) mass is 297 g/mol. The van der Waals surface area contributed by atoms with Gasteiger partial charge in [-0.2, -0.15) is 0 Å². The average Bonchev–Trinajstić information content (AvgIpc) is 2.36. The predicted octanol–water partition coefficient (Wildman–Crippen LogP) is 4.82. The summed E-state index contributed by atoms with van der Waals surface area (Å²) in [4.78, 5) is 0. The van der Waals surface area contributed by atoms with Crippen molar-refractivity contribution < 1.29 is 0 Å². The Bertz CT molecular complexity index is 348. The molecule has 1 aromatic rings. The summed E-state index contributed by atoms with van der Waals surface area (Å²) < 4.78 is 1.20. The van der Waals surface area contributed by atoms with Crippen molar-refractivity contribution in [3.63, 3.8) is 0 Å². The maximum absolute atomic E-state index is 3.72. The van der Waals surface area contributed by atoms with Gasteiger partial charge in [-0.15, -0.1) is 0 Å². The Hall–Kier alpha value is -0.340. The van der Waals surface area contributed by atoms with E-state index < -0.39 is 0 Å². The van der Waals surface area contributed by atoms with E-state index in [1.54, 1.807) is 0 Å². The normalized spacial score (nSPS) is 11.8. The lowest BCUT2D eigenvalue weighted by atomic mass is 9.89. The van der Waals surface area contributed by atoms with Crippen LogP contribution >= 0.6 is 15.9 Å². The molecule has 0 aliphatic heterocycles. The molecule has 1 N–H and O–H groups in total. The molecule has 0 aliphatic rings. The van der Waals surface area contributed by atoms with E-state index >= 15 is 0 Å². The molecule has 2 heteroatoms. The Morgan fingerprint density at radius 1 is 1.12 bits per heavy atom. The van der Waals surface area contributed by atoms with Crippen molar-refractivity contribution >= 4 is 15.9 Å². The van der Waals surface area contributed by atoms with E-state index in [0.717, 1.165) is 6.54 Å². The maximum Gasteiger partial charge on any atom is 0.0211 e. The lowest BCUT2D eigenvalue weighted by Gasteiger charge is -2.32. The van der Waals surface area contributed by atoms with E-state index in [1.165, 1.54) is 34.9 Å². The summed E-state index contributed by atoms with van der Waals surface area (Å²) in [6, 6.07) is 6.60. The van der Waals surface area contributed by atoms with Crippen LogP contribution in [0.4, 0.5) is 0 Å². The Kier molecular flexibility index (Phi) is 5.68. The van der Waals surface area contributed by atoms with Crippen LogP contribution in [0.5, 0.6) is 0 Å². The molecule has 0 radical (unpaired) electrons. The first-order valence-electron chi connectivity index (χ1n) is 6.57. The minimum Gasteiger partial charge on any atom is -0.307 e. The van der Waals surface area contributed by atoms with Gasteiger partial charge in [0, 0.05) is 16.6 Å². The zero-order valence-electron chi connectivity index (χ0n) is 11.4. The van der Waals surface area contributed by atoms with E-state index in [2.05, 4.69) is 67.1 Å². The third kappa shape index (κ3) is 3.82. The van der Waals surface area contributed by atoms with Gasteiger partial charge < -0.3 is 5.32 Å². The Morgan fingerprint density at radius 3 is 2.18 bits per heavy atom. The van der Waals surface area contributed by atoms with E-state index in [9.17, 15) is 0 Å². The molecule has 17 heavy (non-hydrogen) atoms. The fourth-order valence-electron chi connectivity index (χ4n) is 2.16. The molecule has 0 heterocycles. The predicted molar refractivity (Wildman–Crippen MR) is 79.3 cm³/mol. The van der Waals surface area contributed by atoms with Gasteiger partial charge in [0.25, 0.3) is 0 Å². The SMILES string of the molecule is CCC(CC)(CC)NCc1ccc(C)c(Br)c1. The third-order valence-electron chi connectivity index (χ3n) is 3.93. The molecule has 0 atom stereocenters. The van der Waals surface area contributed by atoms with Crippen molar-refractivity contribution in [1.82, 2.24) is 5.32 Å². The van der Waals surface area contributed by atoms with E-state index in [-0.39, 0.29) is 0 Å². The molecule has 0 spiro atoms. The summed E-state index contributed by atoms with van der Waals surface area (Å²) in [6.07, 6.45) is 3.56. The number of aryl methyl sites for hydroxylation is 1. The van der Waals surface area contributed by atoms with Crippen LogP contribution in [0.3, 0.4) is 0 Å². The zero-order valence-corrected chi connectivity index (χ0v) is 13.0. The van der Waals surface area contributed by atoms with Gasteiger partial charge in [0.05, 0.1) is 0 Å². The van der Waals surface area contributed by atoms with E-state index in [1.807, 2.05) is 0 Å². The van der Waals surface area contributed by atoms with Crippen molar-refractivity contribution in [3.05, 3.63) is 33.8 Å². The first-order chi connectivity index (χ1) is 8.06. The van der Waals surface area contributed by atoms with Crippen molar-refractivity contribution in [2.24, 2.45) is 0 Å². The lowest BCUT2D eigenvalue weighted by molar-refractivity contribution is 0.288. The first-order valence-corrected chi connectivity index (χ1v) is 7.36. The summed E-state index contributed by atoms with van der Waals surface area (Å²) in [5, 5.41) is 3.72. The Labute approximate surface area is 114 Å². The Balaban J connectivity index is 2.68. The lowest BCUT2D eigenvalue weighted by Crippen LogP contribution is -2.43. The molecule has 0 aliphatic carbocycles. The maximum atomic E-state index is 3.72. The molecule has 1 nitrogen and oxygen atoms in total. The summed E-state index contributed by atoms with van der Waals surface area (Å²) in [7, 11) is 0. The smallest absolute Gasteiger partial charge is 0.0211 e. The molecule has 0 saturated carbocycles. The number of halogens is 1. The van der Waals surface area contributed by atoms with Crippen molar-refractivity contribution in [3.8, 4) is 0 Å². The average molecular weight is 298 g/mol. The molecular formula is C15H24BrN. The summed E-state index contributed by atoms with van der Waals surface area (Å²) in [6.45, 7) is 9.88. The second kappa shape index (κ2) is 6.55. The van der Waals surface area contributed by atoms with Gasteiger partial charge in [0.1, 0.15) is 0 Å². The molecule has 1 rings (SSSR count). The highest BCUT2D eigenvalue weighted by Crippen LogP contribution is 2.21.